The van der Waals surface area contributed by atoms with Gasteiger partial charge in [0.15, 0.2) is 5.16 Å². The van der Waals surface area contributed by atoms with Gasteiger partial charge in [-0.1, -0.05) is 17.7 Å². The third-order valence-corrected chi connectivity index (χ3v) is 4.24. The molecule has 0 spiro atoms. The topological polar surface area (TPSA) is 76.7 Å². The van der Waals surface area contributed by atoms with Crippen LogP contribution in [-0.4, -0.2) is 20.8 Å². The molecule has 3 N–H and O–H groups in total. The minimum absolute atomic E-state index is 0.0704. The lowest BCUT2D eigenvalue weighted by molar-refractivity contribution is 0.534. The fourth-order valence-corrected chi connectivity index (χ4v) is 3.32. The van der Waals surface area contributed by atoms with Gasteiger partial charge in [-0.3, -0.25) is 4.57 Å². The van der Waals surface area contributed by atoms with E-state index in [1.165, 1.54) is 22.9 Å². The summed E-state index contributed by atoms with van der Waals surface area (Å²) in [5.41, 5.74) is 8.16. The molecule has 2 rings (SSSR count). The van der Waals surface area contributed by atoms with Gasteiger partial charge in [0.05, 0.1) is 0 Å². The Hall–Kier alpha value is -1.53. The SMILES string of the molecule is Cc1ccc(Sc2n[nH]c(=O)n2C(C)C)c(CC(C)N)c1. The predicted molar refractivity (Wildman–Crippen MR) is 85.9 cm³/mol. The lowest BCUT2D eigenvalue weighted by atomic mass is 10.1. The lowest BCUT2D eigenvalue weighted by Gasteiger charge is -2.13. The van der Waals surface area contributed by atoms with Crippen molar-refractivity contribution in [1.82, 2.24) is 14.8 Å². The summed E-state index contributed by atoms with van der Waals surface area (Å²) >= 11 is 1.51. The molecule has 1 aromatic heterocycles. The molecular formula is C15H22N4OS. The molecule has 0 aliphatic carbocycles. The second kappa shape index (κ2) is 6.49. The smallest absolute Gasteiger partial charge is 0.328 e. The van der Waals surface area contributed by atoms with Gasteiger partial charge in [0.1, 0.15) is 0 Å². The molecule has 21 heavy (non-hydrogen) atoms. The molecule has 114 valence electrons. The largest absolute Gasteiger partial charge is 0.344 e. The molecule has 0 fully saturated rings. The standard InChI is InChI=1S/C15H22N4OS/c1-9(2)19-14(20)17-18-15(19)21-13-6-5-10(3)7-12(13)8-11(4)16/h5-7,9,11H,8,16H2,1-4H3,(H,17,20). The third-order valence-electron chi connectivity index (χ3n) is 3.15. The van der Waals surface area contributed by atoms with Crippen LogP contribution in [0.2, 0.25) is 0 Å². The van der Waals surface area contributed by atoms with Gasteiger partial charge < -0.3 is 5.73 Å². The normalized spacial score (nSPS) is 12.9. The first-order chi connectivity index (χ1) is 9.88. The summed E-state index contributed by atoms with van der Waals surface area (Å²) in [5, 5.41) is 7.34. The monoisotopic (exact) mass is 306 g/mol. The highest BCUT2D eigenvalue weighted by atomic mass is 32.2. The van der Waals surface area contributed by atoms with Crippen LogP contribution in [0.4, 0.5) is 0 Å². The van der Waals surface area contributed by atoms with Crippen molar-refractivity contribution in [3.05, 3.63) is 39.8 Å². The first-order valence-corrected chi connectivity index (χ1v) is 7.90. The van der Waals surface area contributed by atoms with Gasteiger partial charge in [0, 0.05) is 17.0 Å². The number of rotatable bonds is 5. The zero-order valence-corrected chi connectivity index (χ0v) is 13.7. The number of hydrogen-bond donors (Lipinski definition) is 2. The van der Waals surface area contributed by atoms with Crippen molar-refractivity contribution < 1.29 is 0 Å². The number of benzene rings is 1. The van der Waals surface area contributed by atoms with E-state index in [0.717, 1.165) is 11.3 Å². The molecule has 0 radical (unpaired) electrons. The zero-order valence-electron chi connectivity index (χ0n) is 12.9. The summed E-state index contributed by atoms with van der Waals surface area (Å²) in [4.78, 5) is 12.9. The van der Waals surface area contributed by atoms with Crippen LogP contribution in [0.3, 0.4) is 0 Å². The second-order valence-corrected chi connectivity index (χ2v) is 6.68. The molecule has 5 nitrogen and oxygen atoms in total. The Bertz CT molecular complexity index is 673. The number of hydrogen-bond acceptors (Lipinski definition) is 4. The van der Waals surface area contributed by atoms with E-state index in [0.29, 0.717) is 5.16 Å². The number of nitrogens with zero attached hydrogens (tertiary/aromatic N) is 2. The van der Waals surface area contributed by atoms with E-state index in [-0.39, 0.29) is 17.8 Å². The van der Waals surface area contributed by atoms with Gasteiger partial charge in [-0.2, -0.15) is 0 Å². The van der Waals surface area contributed by atoms with Crippen LogP contribution in [0.5, 0.6) is 0 Å². The quantitative estimate of drug-likeness (QED) is 0.890. The van der Waals surface area contributed by atoms with Crippen molar-refractivity contribution >= 4 is 11.8 Å². The van der Waals surface area contributed by atoms with Gasteiger partial charge in [0.2, 0.25) is 0 Å². The number of aryl methyl sites for hydroxylation is 1. The van der Waals surface area contributed by atoms with E-state index >= 15 is 0 Å². The molecule has 2 aromatic rings. The van der Waals surface area contributed by atoms with Crippen LogP contribution < -0.4 is 11.4 Å². The molecule has 0 bridgehead atoms. The van der Waals surface area contributed by atoms with Gasteiger partial charge >= 0.3 is 5.69 Å². The molecule has 1 aromatic carbocycles. The summed E-state index contributed by atoms with van der Waals surface area (Å²) in [6, 6.07) is 6.45. The Labute approximate surface area is 128 Å². The lowest BCUT2D eigenvalue weighted by Crippen LogP contribution is -2.19. The Kier molecular flexibility index (Phi) is 4.90. The van der Waals surface area contributed by atoms with E-state index in [1.807, 2.05) is 20.8 Å². The Morgan fingerprint density at radius 1 is 1.38 bits per heavy atom. The number of nitrogens with two attached hydrogens (primary N) is 1. The average molecular weight is 306 g/mol. The van der Waals surface area contributed by atoms with Crippen molar-refractivity contribution in [2.24, 2.45) is 5.73 Å². The molecule has 1 atom stereocenters. The van der Waals surface area contributed by atoms with Crippen LogP contribution in [-0.2, 0) is 6.42 Å². The molecule has 0 saturated carbocycles. The van der Waals surface area contributed by atoms with E-state index in [1.54, 1.807) is 4.57 Å². The van der Waals surface area contributed by atoms with Crippen molar-refractivity contribution in [2.75, 3.05) is 0 Å². The minimum atomic E-state index is -0.173. The van der Waals surface area contributed by atoms with Crippen LogP contribution in [0.15, 0.2) is 33.0 Å². The highest BCUT2D eigenvalue weighted by molar-refractivity contribution is 7.99. The van der Waals surface area contributed by atoms with Crippen LogP contribution in [0.1, 0.15) is 37.9 Å². The van der Waals surface area contributed by atoms with E-state index in [9.17, 15) is 4.79 Å². The Morgan fingerprint density at radius 3 is 2.71 bits per heavy atom. The molecule has 0 saturated heterocycles. The molecule has 0 aliphatic heterocycles. The van der Waals surface area contributed by atoms with Gasteiger partial charge in [-0.15, -0.1) is 5.10 Å². The number of nitrogens with one attached hydrogen (secondary N) is 1. The van der Waals surface area contributed by atoms with Crippen LogP contribution >= 0.6 is 11.8 Å². The van der Waals surface area contributed by atoms with Crippen molar-refractivity contribution in [1.29, 1.82) is 0 Å². The highest BCUT2D eigenvalue weighted by Gasteiger charge is 2.15. The van der Waals surface area contributed by atoms with Crippen molar-refractivity contribution in [3.63, 3.8) is 0 Å². The molecule has 0 aliphatic rings. The minimum Gasteiger partial charge on any atom is -0.328 e. The molecule has 6 heteroatoms. The van der Waals surface area contributed by atoms with Crippen molar-refractivity contribution in [2.45, 2.75) is 56.3 Å². The van der Waals surface area contributed by atoms with Gasteiger partial charge in [-0.25, -0.2) is 9.89 Å². The summed E-state index contributed by atoms with van der Waals surface area (Å²) in [7, 11) is 0. The fourth-order valence-electron chi connectivity index (χ4n) is 2.23. The highest BCUT2D eigenvalue weighted by Crippen LogP contribution is 2.30. The molecular weight excluding hydrogens is 284 g/mol. The second-order valence-electron chi connectivity index (χ2n) is 5.67. The zero-order chi connectivity index (χ0) is 15.6. The molecule has 0 amide bonds. The van der Waals surface area contributed by atoms with E-state index in [2.05, 4.69) is 35.3 Å². The number of aromatic nitrogens is 3. The van der Waals surface area contributed by atoms with E-state index in [4.69, 9.17) is 5.73 Å². The maximum atomic E-state index is 11.8. The first-order valence-electron chi connectivity index (χ1n) is 7.08. The van der Waals surface area contributed by atoms with Gasteiger partial charge in [0.25, 0.3) is 0 Å². The number of H-pyrrole nitrogens is 1. The summed E-state index contributed by atoms with van der Waals surface area (Å²) in [5.74, 6) is 0. The van der Waals surface area contributed by atoms with Crippen LogP contribution in [0.25, 0.3) is 0 Å². The Balaban J connectivity index is 2.38. The molecule has 1 unspecified atom stereocenters. The summed E-state index contributed by atoms with van der Waals surface area (Å²) in [6.45, 7) is 8.01. The Morgan fingerprint density at radius 2 is 2.10 bits per heavy atom. The van der Waals surface area contributed by atoms with Gasteiger partial charge in [-0.05, 0) is 57.5 Å². The first kappa shape index (κ1) is 15.9. The molecule has 1 heterocycles. The maximum absolute atomic E-state index is 11.8. The number of aromatic amines is 1. The summed E-state index contributed by atoms with van der Waals surface area (Å²) in [6.07, 6.45) is 0.806. The summed E-state index contributed by atoms with van der Waals surface area (Å²) < 4.78 is 1.67. The fraction of sp³-hybridized carbons (Fsp3) is 0.467. The predicted octanol–water partition coefficient (Wildman–Crippen LogP) is 2.50. The average Bonchev–Trinajstić information content (AvgIpc) is 2.73. The third kappa shape index (κ3) is 3.77. The van der Waals surface area contributed by atoms with E-state index < -0.39 is 0 Å². The van der Waals surface area contributed by atoms with Crippen molar-refractivity contribution in [3.8, 4) is 0 Å². The maximum Gasteiger partial charge on any atom is 0.344 e. The van der Waals surface area contributed by atoms with Crippen LogP contribution in [0, 0.1) is 6.92 Å².